The first kappa shape index (κ1) is 11.2. The van der Waals surface area contributed by atoms with Crippen molar-refractivity contribution in [1.82, 2.24) is 10.6 Å². The van der Waals surface area contributed by atoms with E-state index in [0.717, 1.165) is 32.1 Å². The van der Waals surface area contributed by atoms with Crippen molar-refractivity contribution in [3.63, 3.8) is 0 Å². The summed E-state index contributed by atoms with van der Waals surface area (Å²) >= 11 is 0. The van der Waals surface area contributed by atoms with E-state index in [9.17, 15) is 9.59 Å². The van der Waals surface area contributed by atoms with Crippen LogP contribution in [0.2, 0.25) is 0 Å². The largest absolute Gasteiger partial charge is 0.481 e. The molecule has 0 aromatic rings. The average Bonchev–Trinajstić information content (AvgIpc) is 2.72. The molecule has 0 bridgehead atoms. The number of nitrogens with one attached hydrogen (secondary N) is 2. The van der Waals surface area contributed by atoms with Gasteiger partial charge in [0.25, 0.3) is 0 Å². The van der Waals surface area contributed by atoms with Crippen molar-refractivity contribution in [1.29, 1.82) is 0 Å². The van der Waals surface area contributed by atoms with Gasteiger partial charge in [-0.2, -0.15) is 0 Å². The number of amides is 2. The lowest BCUT2D eigenvalue weighted by Crippen LogP contribution is -2.33. The van der Waals surface area contributed by atoms with E-state index in [2.05, 4.69) is 10.6 Å². The third-order valence-corrected chi connectivity index (χ3v) is 3.62. The Labute approximate surface area is 94.6 Å². The smallest absolute Gasteiger partial charge is 0.315 e. The van der Waals surface area contributed by atoms with Crippen LogP contribution in [-0.2, 0) is 4.79 Å². The van der Waals surface area contributed by atoms with Crippen LogP contribution in [-0.4, -0.2) is 29.2 Å². The molecule has 90 valence electrons. The summed E-state index contributed by atoms with van der Waals surface area (Å²) < 4.78 is 0. The van der Waals surface area contributed by atoms with Gasteiger partial charge in [0.15, 0.2) is 0 Å². The number of urea groups is 1. The fourth-order valence-corrected chi connectivity index (χ4v) is 2.83. The third kappa shape index (κ3) is 2.46. The Morgan fingerprint density at radius 1 is 1.31 bits per heavy atom. The molecule has 0 radical (unpaired) electrons. The summed E-state index contributed by atoms with van der Waals surface area (Å²) in [6, 6.07) is 0.527. The number of carbonyl (C=O) groups excluding carboxylic acids is 1. The minimum atomic E-state index is -0.722. The van der Waals surface area contributed by atoms with Crippen LogP contribution < -0.4 is 10.6 Å². The van der Waals surface area contributed by atoms with Gasteiger partial charge in [-0.3, -0.25) is 4.79 Å². The lowest BCUT2D eigenvalue weighted by atomic mass is 9.96. The predicted molar refractivity (Wildman–Crippen MR) is 58.1 cm³/mol. The molecule has 0 spiro atoms. The Morgan fingerprint density at radius 3 is 2.88 bits per heavy atom. The zero-order valence-corrected chi connectivity index (χ0v) is 9.24. The molecule has 1 saturated carbocycles. The second kappa shape index (κ2) is 4.72. The summed E-state index contributed by atoms with van der Waals surface area (Å²) in [6.45, 7) is 0. The molecule has 16 heavy (non-hydrogen) atoms. The highest BCUT2D eigenvalue weighted by molar-refractivity contribution is 5.77. The Bertz CT molecular complexity index is 293. The minimum Gasteiger partial charge on any atom is -0.481 e. The molecule has 5 nitrogen and oxygen atoms in total. The van der Waals surface area contributed by atoms with Crippen molar-refractivity contribution in [2.24, 2.45) is 5.92 Å². The average molecular weight is 226 g/mol. The molecule has 1 aliphatic carbocycles. The van der Waals surface area contributed by atoms with Crippen LogP contribution >= 0.6 is 0 Å². The van der Waals surface area contributed by atoms with Crippen molar-refractivity contribution in [2.75, 3.05) is 0 Å². The summed E-state index contributed by atoms with van der Waals surface area (Å²) in [5.74, 6) is -0.196. The first-order valence-corrected chi connectivity index (χ1v) is 5.95. The van der Waals surface area contributed by atoms with E-state index in [1.165, 1.54) is 0 Å². The van der Waals surface area contributed by atoms with Crippen molar-refractivity contribution >= 4 is 12.0 Å². The number of fused-ring (bicyclic) bond motifs is 1. The van der Waals surface area contributed by atoms with Crippen LogP contribution in [0.15, 0.2) is 0 Å². The lowest BCUT2D eigenvalue weighted by Gasteiger charge is -2.17. The number of carboxylic acid groups (broad SMARTS) is 1. The fraction of sp³-hybridized carbons (Fsp3) is 0.818. The van der Waals surface area contributed by atoms with E-state index in [-0.39, 0.29) is 18.5 Å². The maximum atomic E-state index is 11.1. The normalized spacial score (nSPS) is 32.0. The van der Waals surface area contributed by atoms with Crippen LogP contribution in [0.4, 0.5) is 4.79 Å². The van der Waals surface area contributed by atoms with Crippen LogP contribution in [0.25, 0.3) is 0 Å². The van der Waals surface area contributed by atoms with E-state index in [1.807, 2.05) is 0 Å². The molecule has 2 amide bonds. The molecule has 0 aromatic heterocycles. The van der Waals surface area contributed by atoms with Gasteiger partial charge in [-0.25, -0.2) is 4.79 Å². The van der Waals surface area contributed by atoms with Crippen LogP contribution in [0.3, 0.4) is 0 Å². The van der Waals surface area contributed by atoms with Gasteiger partial charge in [-0.05, 0) is 31.6 Å². The topological polar surface area (TPSA) is 78.4 Å². The van der Waals surface area contributed by atoms with E-state index in [4.69, 9.17) is 5.11 Å². The zero-order chi connectivity index (χ0) is 11.5. The van der Waals surface area contributed by atoms with Gasteiger partial charge in [0.2, 0.25) is 0 Å². The fourth-order valence-electron chi connectivity index (χ4n) is 2.83. The van der Waals surface area contributed by atoms with Gasteiger partial charge < -0.3 is 15.7 Å². The molecule has 2 fully saturated rings. The Kier molecular flexibility index (Phi) is 3.31. The highest BCUT2D eigenvalue weighted by atomic mass is 16.4. The maximum absolute atomic E-state index is 11.1. The number of hydrogen-bond acceptors (Lipinski definition) is 2. The monoisotopic (exact) mass is 226 g/mol. The highest BCUT2D eigenvalue weighted by Crippen LogP contribution is 2.32. The summed E-state index contributed by atoms with van der Waals surface area (Å²) in [6.07, 6.45) is 5.14. The van der Waals surface area contributed by atoms with Crippen LogP contribution in [0.5, 0.6) is 0 Å². The second-order valence-corrected chi connectivity index (χ2v) is 4.73. The maximum Gasteiger partial charge on any atom is 0.315 e. The number of aliphatic carboxylic acids is 1. The molecule has 3 N–H and O–H groups in total. The number of rotatable bonds is 5. The number of carbonyl (C=O) groups is 2. The van der Waals surface area contributed by atoms with Gasteiger partial charge >= 0.3 is 12.0 Å². The molecule has 3 atom stereocenters. The molecular weight excluding hydrogens is 208 g/mol. The van der Waals surface area contributed by atoms with Crippen LogP contribution in [0.1, 0.15) is 38.5 Å². The van der Waals surface area contributed by atoms with E-state index >= 15 is 0 Å². The predicted octanol–water partition coefficient (Wildman–Crippen LogP) is 1.09. The summed E-state index contributed by atoms with van der Waals surface area (Å²) in [4.78, 5) is 21.5. The molecule has 2 aliphatic rings. The van der Waals surface area contributed by atoms with Gasteiger partial charge in [-0.1, -0.05) is 6.42 Å². The SMILES string of the molecule is O=C(O)CCCC[C@@H]1CCC2NC(=O)NC21. The molecular formula is C11H18N2O3. The lowest BCUT2D eigenvalue weighted by molar-refractivity contribution is -0.137. The van der Waals surface area contributed by atoms with Crippen molar-refractivity contribution in [3.05, 3.63) is 0 Å². The minimum absolute atomic E-state index is 0.0507. The van der Waals surface area contributed by atoms with E-state index in [0.29, 0.717) is 12.0 Å². The van der Waals surface area contributed by atoms with Crippen molar-refractivity contribution < 1.29 is 14.7 Å². The first-order valence-electron chi connectivity index (χ1n) is 5.95. The quantitative estimate of drug-likeness (QED) is 0.614. The number of hydrogen-bond donors (Lipinski definition) is 3. The summed E-state index contributed by atoms with van der Waals surface area (Å²) in [5.41, 5.74) is 0. The van der Waals surface area contributed by atoms with E-state index < -0.39 is 5.97 Å². The summed E-state index contributed by atoms with van der Waals surface area (Å²) in [5, 5.41) is 14.4. The number of carboxylic acids is 1. The van der Waals surface area contributed by atoms with Gasteiger partial charge in [0.1, 0.15) is 0 Å². The molecule has 1 aliphatic heterocycles. The molecule has 1 heterocycles. The standard InChI is InChI=1S/C11H18N2O3/c14-9(15)4-2-1-3-7-5-6-8-10(7)13-11(16)12-8/h7-8,10H,1-6H2,(H,14,15)(H2,12,13,16)/t7-,8?,10?/m1/s1. The molecule has 1 saturated heterocycles. The van der Waals surface area contributed by atoms with Gasteiger partial charge in [0, 0.05) is 6.42 Å². The van der Waals surface area contributed by atoms with Crippen molar-refractivity contribution in [3.8, 4) is 0 Å². The van der Waals surface area contributed by atoms with E-state index in [1.54, 1.807) is 0 Å². The first-order chi connectivity index (χ1) is 7.66. The Hall–Kier alpha value is -1.26. The van der Waals surface area contributed by atoms with Gasteiger partial charge in [-0.15, -0.1) is 0 Å². The Morgan fingerprint density at radius 2 is 2.12 bits per heavy atom. The number of unbranched alkanes of at least 4 members (excludes halogenated alkanes) is 1. The third-order valence-electron chi connectivity index (χ3n) is 3.62. The molecule has 5 heteroatoms. The Balaban J connectivity index is 1.70. The molecule has 2 rings (SSSR count). The zero-order valence-electron chi connectivity index (χ0n) is 9.24. The molecule has 0 aromatic carbocycles. The summed E-state index contributed by atoms with van der Waals surface area (Å²) in [7, 11) is 0. The second-order valence-electron chi connectivity index (χ2n) is 4.73. The highest BCUT2D eigenvalue weighted by Gasteiger charge is 2.41. The molecule has 2 unspecified atom stereocenters. The van der Waals surface area contributed by atoms with Crippen LogP contribution in [0, 0.1) is 5.92 Å². The van der Waals surface area contributed by atoms with Crippen molar-refractivity contribution in [2.45, 2.75) is 50.6 Å². The van der Waals surface area contributed by atoms with Gasteiger partial charge in [0.05, 0.1) is 12.1 Å².